The minimum atomic E-state index is 0.328. The van der Waals surface area contributed by atoms with E-state index in [2.05, 4.69) is 21.7 Å². The van der Waals surface area contributed by atoms with Gasteiger partial charge in [-0.2, -0.15) is 0 Å². The average Bonchev–Trinajstić information content (AvgIpc) is 2.46. The van der Waals surface area contributed by atoms with Crippen LogP contribution in [0.2, 0.25) is 0 Å². The van der Waals surface area contributed by atoms with Crippen LogP contribution < -0.4 is 5.73 Å². The number of hydrogen-bond donors (Lipinski definition) is 1. The van der Waals surface area contributed by atoms with Crippen LogP contribution in [0.3, 0.4) is 0 Å². The summed E-state index contributed by atoms with van der Waals surface area (Å²) in [5.74, 6) is 2.55. The first-order valence-electron chi connectivity index (χ1n) is 5.45. The van der Waals surface area contributed by atoms with E-state index in [-0.39, 0.29) is 0 Å². The molecule has 2 rings (SSSR count). The predicted octanol–water partition coefficient (Wildman–Crippen LogP) is 1.07. The fraction of sp³-hybridized carbons (Fsp3) is 0.800. The van der Waals surface area contributed by atoms with Gasteiger partial charge in [0.25, 0.3) is 0 Å². The molecular weight excluding hydrogens is 176 g/mol. The summed E-state index contributed by atoms with van der Waals surface area (Å²) in [6.07, 6.45) is 4.87. The number of fused-ring (bicyclic) bond motifs is 1. The lowest BCUT2D eigenvalue weighted by Gasteiger charge is -2.10. The Morgan fingerprint density at radius 1 is 1.36 bits per heavy atom. The summed E-state index contributed by atoms with van der Waals surface area (Å²) >= 11 is 0. The molecule has 0 saturated carbocycles. The van der Waals surface area contributed by atoms with Gasteiger partial charge in [-0.15, -0.1) is 10.2 Å². The van der Waals surface area contributed by atoms with Crippen molar-refractivity contribution in [2.75, 3.05) is 6.54 Å². The standard InChI is InChI=1S/C10H18N4/c1-8(7-11)10-13-12-9-5-3-2-4-6-14(9)10/h8H,2-7,11H2,1H3. The lowest BCUT2D eigenvalue weighted by molar-refractivity contribution is 0.574. The van der Waals surface area contributed by atoms with E-state index < -0.39 is 0 Å². The summed E-state index contributed by atoms with van der Waals surface area (Å²) < 4.78 is 2.27. The summed E-state index contributed by atoms with van der Waals surface area (Å²) in [6.45, 7) is 3.84. The van der Waals surface area contributed by atoms with E-state index in [1.807, 2.05) is 0 Å². The van der Waals surface area contributed by atoms with Crippen LogP contribution in [-0.4, -0.2) is 21.3 Å². The van der Waals surface area contributed by atoms with Crippen molar-refractivity contribution >= 4 is 0 Å². The minimum Gasteiger partial charge on any atom is -0.330 e. The van der Waals surface area contributed by atoms with Gasteiger partial charge in [0, 0.05) is 25.4 Å². The van der Waals surface area contributed by atoms with E-state index in [4.69, 9.17) is 5.73 Å². The van der Waals surface area contributed by atoms with Crippen molar-refractivity contribution in [3.05, 3.63) is 11.6 Å². The zero-order chi connectivity index (χ0) is 9.97. The summed E-state index contributed by atoms with van der Waals surface area (Å²) in [5, 5.41) is 8.49. The molecule has 1 aliphatic rings. The molecule has 1 unspecified atom stereocenters. The van der Waals surface area contributed by atoms with Gasteiger partial charge in [0.15, 0.2) is 0 Å². The van der Waals surface area contributed by atoms with E-state index in [1.54, 1.807) is 0 Å². The van der Waals surface area contributed by atoms with Crippen molar-refractivity contribution in [1.82, 2.24) is 14.8 Å². The van der Waals surface area contributed by atoms with Gasteiger partial charge in [-0.3, -0.25) is 0 Å². The van der Waals surface area contributed by atoms with Crippen LogP contribution in [0.15, 0.2) is 0 Å². The third kappa shape index (κ3) is 1.66. The van der Waals surface area contributed by atoms with Crippen LogP contribution in [0.4, 0.5) is 0 Å². The Morgan fingerprint density at radius 2 is 2.21 bits per heavy atom. The maximum atomic E-state index is 5.65. The second-order valence-electron chi connectivity index (χ2n) is 4.07. The average molecular weight is 194 g/mol. The second-order valence-corrected chi connectivity index (χ2v) is 4.07. The molecule has 0 aromatic carbocycles. The third-order valence-corrected chi connectivity index (χ3v) is 2.93. The lowest BCUT2D eigenvalue weighted by Crippen LogP contribution is -2.15. The molecule has 1 aromatic heterocycles. The quantitative estimate of drug-likeness (QED) is 0.766. The molecule has 0 amide bonds. The number of aromatic nitrogens is 3. The van der Waals surface area contributed by atoms with Gasteiger partial charge < -0.3 is 10.3 Å². The Morgan fingerprint density at radius 3 is 3.00 bits per heavy atom. The molecule has 4 nitrogen and oxygen atoms in total. The van der Waals surface area contributed by atoms with E-state index >= 15 is 0 Å². The highest BCUT2D eigenvalue weighted by atomic mass is 15.3. The molecular formula is C10H18N4. The molecule has 0 fully saturated rings. The van der Waals surface area contributed by atoms with Crippen molar-refractivity contribution in [2.24, 2.45) is 5.73 Å². The maximum Gasteiger partial charge on any atom is 0.137 e. The van der Waals surface area contributed by atoms with Crippen LogP contribution in [-0.2, 0) is 13.0 Å². The van der Waals surface area contributed by atoms with E-state index in [9.17, 15) is 0 Å². The minimum absolute atomic E-state index is 0.328. The summed E-state index contributed by atoms with van der Waals surface area (Å²) in [7, 11) is 0. The molecule has 2 N–H and O–H groups in total. The molecule has 0 bridgehead atoms. The summed E-state index contributed by atoms with van der Waals surface area (Å²) in [4.78, 5) is 0. The maximum absolute atomic E-state index is 5.65. The van der Waals surface area contributed by atoms with E-state index in [0.29, 0.717) is 12.5 Å². The molecule has 0 saturated heterocycles. The molecule has 0 aliphatic carbocycles. The van der Waals surface area contributed by atoms with Crippen molar-refractivity contribution < 1.29 is 0 Å². The number of nitrogens with two attached hydrogens (primary N) is 1. The zero-order valence-electron chi connectivity index (χ0n) is 8.74. The van der Waals surface area contributed by atoms with Gasteiger partial charge >= 0.3 is 0 Å². The van der Waals surface area contributed by atoms with E-state index in [1.165, 1.54) is 19.3 Å². The molecule has 0 spiro atoms. The predicted molar refractivity (Wildman–Crippen MR) is 55.0 cm³/mol. The van der Waals surface area contributed by atoms with Gasteiger partial charge in [-0.05, 0) is 12.8 Å². The van der Waals surface area contributed by atoms with Crippen molar-refractivity contribution in [3.8, 4) is 0 Å². The Balaban J connectivity index is 2.29. The first-order chi connectivity index (χ1) is 6.83. The highest BCUT2D eigenvalue weighted by molar-refractivity contribution is 5.02. The number of nitrogens with zero attached hydrogens (tertiary/aromatic N) is 3. The van der Waals surface area contributed by atoms with Gasteiger partial charge in [0.05, 0.1) is 0 Å². The van der Waals surface area contributed by atoms with Crippen LogP contribution in [0.25, 0.3) is 0 Å². The Hall–Kier alpha value is -0.900. The number of rotatable bonds is 2. The second kappa shape index (κ2) is 4.09. The summed E-state index contributed by atoms with van der Waals surface area (Å²) in [6, 6.07) is 0. The third-order valence-electron chi connectivity index (χ3n) is 2.93. The Bertz CT molecular complexity index is 305. The molecule has 0 radical (unpaired) electrons. The highest BCUT2D eigenvalue weighted by Crippen LogP contribution is 2.18. The molecule has 1 aromatic rings. The van der Waals surface area contributed by atoms with Crippen molar-refractivity contribution in [2.45, 2.75) is 45.1 Å². The molecule has 78 valence electrons. The monoisotopic (exact) mass is 194 g/mol. The smallest absolute Gasteiger partial charge is 0.137 e. The first-order valence-corrected chi connectivity index (χ1v) is 5.45. The highest BCUT2D eigenvalue weighted by Gasteiger charge is 2.17. The molecule has 1 aliphatic heterocycles. The molecule has 4 heteroatoms. The Labute approximate surface area is 84.5 Å². The number of hydrogen-bond acceptors (Lipinski definition) is 3. The van der Waals surface area contributed by atoms with Crippen LogP contribution in [0.1, 0.15) is 43.8 Å². The van der Waals surface area contributed by atoms with Crippen LogP contribution in [0.5, 0.6) is 0 Å². The van der Waals surface area contributed by atoms with Gasteiger partial charge in [-0.25, -0.2) is 0 Å². The zero-order valence-corrected chi connectivity index (χ0v) is 8.74. The van der Waals surface area contributed by atoms with Gasteiger partial charge in [0.1, 0.15) is 11.6 Å². The summed E-state index contributed by atoms with van der Waals surface area (Å²) in [5.41, 5.74) is 5.65. The molecule has 1 atom stereocenters. The van der Waals surface area contributed by atoms with Gasteiger partial charge in [0.2, 0.25) is 0 Å². The molecule has 2 heterocycles. The van der Waals surface area contributed by atoms with Crippen molar-refractivity contribution in [3.63, 3.8) is 0 Å². The normalized spacial score (nSPS) is 18.7. The fourth-order valence-corrected chi connectivity index (χ4v) is 1.98. The topological polar surface area (TPSA) is 56.7 Å². The lowest BCUT2D eigenvalue weighted by atomic mass is 10.1. The SMILES string of the molecule is CC(CN)c1nnc2n1CCCCC2. The fourth-order valence-electron chi connectivity index (χ4n) is 1.98. The van der Waals surface area contributed by atoms with Crippen LogP contribution in [0, 0.1) is 0 Å². The van der Waals surface area contributed by atoms with E-state index in [0.717, 1.165) is 24.6 Å². The first kappa shape index (κ1) is 9.65. The number of aryl methyl sites for hydroxylation is 1. The van der Waals surface area contributed by atoms with Crippen LogP contribution >= 0.6 is 0 Å². The van der Waals surface area contributed by atoms with Crippen molar-refractivity contribution in [1.29, 1.82) is 0 Å². The largest absolute Gasteiger partial charge is 0.330 e. The Kier molecular flexibility index (Phi) is 2.82. The van der Waals surface area contributed by atoms with Gasteiger partial charge in [-0.1, -0.05) is 13.3 Å². The molecule has 14 heavy (non-hydrogen) atoms.